The number of terminal acetylenes is 1. The summed E-state index contributed by atoms with van der Waals surface area (Å²) >= 11 is 0. The summed E-state index contributed by atoms with van der Waals surface area (Å²) in [5, 5.41) is 2.31. The molecule has 1 amide bonds. The van der Waals surface area contributed by atoms with Gasteiger partial charge < -0.3 is 15.8 Å². The topological polar surface area (TPSA) is 64.4 Å². The quantitative estimate of drug-likeness (QED) is 0.802. The van der Waals surface area contributed by atoms with Crippen LogP contribution in [-0.2, 0) is 4.79 Å². The summed E-state index contributed by atoms with van der Waals surface area (Å²) in [6.07, 6.45) is 5.02. The molecule has 0 saturated heterocycles. The van der Waals surface area contributed by atoms with Crippen molar-refractivity contribution in [1.29, 1.82) is 0 Å². The van der Waals surface area contributed by atoms with Crippen LogP contribution in [0.25, 0.3) is 0 Å². The minimum atomic E-state index is -3.13. The molecule has 19 heavy (non-hydrogen) atoms. The Labute approximate surface area is 107 Å². The van der Waals surface area contributed by atoms with Crippen molar-refractivity contribution in [2.24, 2.45) is 5.73 Å². The number of halogens is 3. The molecule has 1 unspecified atom stereocenters. The lowest BCUT2D eigenvalue weighted by Gasteiger charge is -2.11. The van der Waals surface area contributed by atoms with Gasteiger partial charge in [0.05, 0.1) is 6.04 Å². The molecule has 102 valence electrons. The summed E-state index contributed by atoms with van der Waals surface area (Å²) in [7, 11) is 0. The monoisotopic (exact) mass is 272 g/mol. The molecular weight excluding hydrogens is 261 g/mol. The number of alkyl halides is 2. The van der Waals surface area contributed by atoms with Crippen LogP contribution in [0.5, 0.6) is 5.75 Å². The summed E-state index contributed by atoms with van der Waals surface area (Å²) < 4.78 is 41.1. The van der Waals surface area contributed by atoms with Gasteiger partial charge in [0, 0.05) is 18.2 Å². The third kappa shape index (κ3) is 4.52. The van der Waals surface area contributed by atoms with Crippen LogP contribution in [0, 0.1) is 18.2 Å². The minimum absolute atomic E-state index is 0.0287. The number of amides is 1. The zero-order valence-electron chi connectivity index (χ0n) is 9.70. The van der Waals surface area contributed by atoms with Gasteiger partial charge in [0.15, 0.2) is 11.6 Å². The second-order valence-corrected chi connectivity index (χ2v) is 3.53. The Kier molecular flexibility index (Phi) is 5.21. The zero-order chi connectivity index (χ0) is 14.4. The first-order valence-corrected chi connectivity index (χ1v) is 5.18. The average molecular weight is 272 g/mol. The minimum Gasteiger partial charge on any atom is -0.432 e. The number of ether oxygens (including phenoxy) is 1. The summed E-state index contributed by atoms with van der Waals surface area (Å²) in [6, 6.07) is 2.11. The molecule has 0 spiro atoms. The lowest BCUT2D eigenvalue weighted by atomic mass is 10.2. The number of carbonyl (C=O) groups is 1. The van der Waals surface area contributed by atoms with E-state index in [0.717, 1.165) is 12.1 Å². The number of benzene rings is 1. The standard InChI is InChI=1S/C12H11F3N2O2/c1-2-3-9(16)11(18)17-7-4-5-10(8(13)6-7)19-12(14)15/h1,4-6,9,12H,3,16H2,(H,17,18). The highest BCUT2D eigenvalue weighted by Crippen LogP contribution is 2.22. The summed E-state index contributed by atoms with van der Waals surface area (Å²) in [4.78, 5) is 11.5. The van der Waals surface area contributed by atoms with E-state index in [4.69, 9.17) is 12.2 Å². The molecule has 4 nitrogen and oxygen atoms in total. The normalized spacial score (nSPS) is 11.8. The highest BCUT2D eigenvalue weighted by atomic mass is 19.3. The maximum Gasteiger partial charge on any atom is 0.387 e. The molecule has 1 rings (SSSR count). The predicted molar refractivity (Wildman–Crippen MR) is 63.1 cm³/mol. The summed E-state index contributed by atoms with van der Waals surface area (Å²) in [6.45, 7) is -3.13. The Hall–Kier alpha value is -2.20. The van der Waals surface area contributed by atoms with E-state index in [1.165, 1.54) is 6.07 Å². The number of hydrogen-bond donors (Lipinski definition) is 2. The molecule has 0 radical (unpaired) electrons. The van der Waals surface area contributed by atoms with Crippen LogP contribution in [-0.4, -0.2) is 18.6 Å². The first-order valence-electron chi connectivity index (χ1n) is 5.18. The molecule has 0 bridgehead atoms. The number of carbonyl (C=O) groups excluding carboxylic acids is 1. The van der Waals surface area contributed by atoms with Gasteiger partial charge >= 0.3 is 6.61 Å². The zero-order valence-corrected chi connectivity index (χ0v) is 9.70. The smallest absolute Gasteiger partial charge is 0.387 e. The van der Waals surface area contributed by atoms with E-state index in [1.807, 2.05) is 0 Å². The largest absolute Gasteiger partial charge is 0.432 e. The van der Waals surface area contributed by atoms with Gasteiger partial charge in [-0.1, -0.05) is 0 Å². The van der Waals surface area contributed by atoms with Crippen LogP contribution in [0.15, 0.2) is 18.2 Å². The lowest BCUT2D eigenvalue weighted by Crippen LogP contribution is -2.35. The molecule has 0 fully saturated rings. The number of hydrogen-bond acceptors (Lipinski definition) is 3. The first kappa shape index (κ1) is 14.9. The predicted octanol–water partition coefficient (Wildman–Crippen LogP) is 1.72. The Balaban J connectivity index is 2.74. The SMILES string of the molecule is C#CCC(N)C(=O)Nc1ccc(OC(F)F)c(F)c1. The third-order valence-electron chi connectivity index (χ3n) is 2.09. The molecule has 1 aromatic carbocycles. The highest BCUT2D eigenvalue weighted by molar-refractivity contribution is 5.94. The molecule has 0 aliphatic heterocycles. The Bertz CT molecular complexity index is 500. The van der Waals surface area contributed by atoms with Crippen LogP contribution in [0.2, 0.25) is 0 Å². The Morgan fingerprint density at radius 2 is 2.21 bits per heavy atom. The van der Waals surface area contributed by atoms with Crippen LogP contribution >= 0.6 is 0 Å². The summed E-state index contributed by atoms with van der Waals surface area (Å²) in [5.74, 6) is -0.0190. The molecule has 0 heterocycles. The van der Waals surface area contributed by atoms with Crippen molar-refractivity contribution >= 4 is 11.6 Å². The average Bonchev–Trinajstić information content (AvgIpc) is 2.32. The molecule has 1 atom stereocenters. The van der Waals surface area contributed by atoms with Gasteiger partial charge in [-0.15, -0.1) is 12.3 Å². The van der Waals surface area contributed by atoms with E-state index in [1.54, 1.807) is 0 Å². The fraction of sp³-hybridized carbons (Fsp3) is 0.250. The van der Waals surface area contributed by atoms with Gasteiger partial charge in [-0.05, 0) is 12.1 Å². The van der Waals surface area contributed by atoms with E-state index < -0.39 is 30.1 Å². The number of nitrogens with one attached hydrogen (secondary N) is 1. The van der Waals surface area contributed by atoms with E-state index in [0.29, 0.717) is 0 Å². The number of nitrogens with two attached hydrogens (primary N) is 1. The fourth-order valence-electron chi connectivity index (χ4n) is 1.22. The van der Waals surface area contributed by atoms with Gasteiger partial charge in [0.25, 0.3) is 0 Å². The van der Waals surface area contributed by atoms with Crippen molar-refractivity contribution in [2.45, 2.75) is 19.1 Å². The second kappa shape index (κ2) is 6.66. The van der Waals surface area contributed by atoms with Crippen LogP contribution < -0.4 is 15.8 Å². The van der Waals surface area contributed by atoms with Crippen LogP contribution in [0.3, 0.4) is 0 Å². The van der Waals surface area contributed by atoms with Gasteiger partial charge in [-0.3, -0.25) is 4.79 Å². The van der Waals surface area contributed by atoms with Crippen LogP contribution in [0.4, 0.5) is 18.9 Å². The molecule has 0 aliphatic carbocycles. The van der Waals surface area contributed by atoms with E-state index in [-0.39, 0.29) is 12.1 Å². The van der Waals surface area contributed by atoms with E-state index in [2.05, 4.69) is 16.0 Å². The van der Waals surface area contributed by atoms with Gasteiger partial charge in [0.1, 0.15) is 0 Å². The van der Waals surface area contributed by atoms with Crippen LogP contribution in [0.1, 0.15) is 6.42 Å². The maximum atomic E-state index is 13.3. The maximum absolute atomic E-state index is 13.3. The van der Waals surface area contributed by atoms with Crippen molar-refractivity contribution < 1.29 is 22.7 Å². The number of anilines is 1. The van der Waals surface area contributed by atoms with Crippen molar-refractivity contribution in [2.75, 3.05) is 5.32 Å². The van der Waals surface area contributed by atoms with E-state index in [9.17, 15) is 18.0 Å². The Morgan fingerprint density at radius 3 is 2.74 bits per heavy atom. The molecule has 3 N–H and O–H groups in total. The van der Waals surface area contributed by atoms with Crippen molar-refractivity contribution in [3.05, 3.63) is 24.0 Å². The molecule has 0 aromatic heterocycles. The molecule has 0 saturated carbocycles. The molecule has 1 aromatic rings. The summed E-state index contributed by atoms with van der Waals surface area (Å²) in [5.41, 5.74) is 5.50. The third-order valence-corrected chi connectivity index (χ3v) is 2.09. The van der Waals surface area contributed by atoms with Gasteiger partial charge in [-0.25, -0.2) is 4.39 Å². The molecule has 0 aliphatic rings. The Morgan fingerprint density at radius 1 is 1.53 bits per heavy atom. The van der Waals surface area contributed by atoms with Crippen molar-refractivity contribution in [3.8, 4) is 18.1 Å². The van der Waals surface area contributed by atoms with Gasteiger partial charge in [0.2, 0.25) is 5.91 Å². The van der Waals surface area contributed by atoms with Gasteiger partial charge in [-0.2, -0.15) is 8.78 Å². The van der Waals surface area contributed by atoms with E-state index >= 15 is 0 Å². The highest BCUT2D eigenvalue weighted by Gasteiger charge is 2.14. The second-order valence-electron chi connectivity index (χ2n) is 3.53. The number of rotatable bonds is 5. The molecular formula is C12H11F3N2O2. The fourth-order valence-corrected chi connectivity index (χ4v) is 1.22. The van der Waals surface area contributed by atoms with Crippen molar-refractivity contribution in [3.63, 3.8) is 0 Å². The first-order chi connectivity index (χ1) is 8.93. The van der Waals surface area contributed by atoms with Crippen molar-refractivity contribution in [1.82, 2.24) is 0 Å². The lowest BCUT2D eigenvalue weighted by molar-refractivity contribution is -0.117. The molecule has 7 heteroatoms.